The van der Waals surface area contributed by atoms with Crippen LogP contribution in [0.3, 0.4) is 0 Å². The summed E-state index contributed by atoms with van der Waals surface area (Å²) in [5, 5.41) is 9.26. The minimum atomic E-state index is -0.535. The van der Waals surface area contributed by atoms with E-state index in [1.165, 1.54) is 4.90 Å². The van der Waals surface area contributed by atoms with Gasteiger partial charge in [0.15, 0.2) is 0 Å². The minimum absolute atomic E-state index is 0.280. The van der Waals surface area contributed by atoms with Crippen molar-refractivity contribution < 1.29 is 14.7 Å². The fourth-order valence-corrected chi connectivity index (χ4v) is 1.96. The van der Waals surface area contributed by atoms with Crippen LogP contribution in [0.4, 0.5) is 0 Å². The molecule has 1 aliphatic heterocycles. The molecule has 1 aliphatic carbocycles. The summed E-state index contributed by atoms with van der Waals surface area (Å²) in [5.41, 5.74) is 0.892. The predicted molar refractivity (Wildman–Crippen MR) is 51.4 cm³/mol. The highest BCUT2D eigenvalue weighted by molar-refractivity contribution is 6.21. The number of carbonyl (C=O) groups is 2. The van der Waals surface area contributed by atoms with Gasteiger partial charge >= 0.3 is 0 Å². The highest BCUT2D eigenvalue weighted by Crippen LogP contribution is 2.34. The van der Waals surface area contributed by atoms with Crippen molar-refractivity contribution in [2.24, 2.45) is 0 Å². The molecule has 1 saturated carbocycles. The van der Waals surface area contributed by atoms with E-state index < -0.39 is 6.10 Å². The minimum Gasteiger partial charge on any atom is -0.391 e. The van der Waals surface area contributed by atoms with Crippen LogP contribution in [0.1, 0.15) is 27.1 Å². The molecule has 2 atom stereocenters. The van der Waals surface area contributed by atoms with Gasteiger partial charge in [-0.3, -0.25) is 14.5 Å². The standard InChI is InChI=1S/C11H9NO3/c13-9-5-8(9)12-10(14)6-3-1-2-4-7(6)11(12)15/h1-4,8-9,13H,5H2/t8-,9-/m1/s1. The number of rotatable bonds is 1. The van der Waals surface area contributed by atoms with Crippen LogP contribution in [-0.2, 0) is 0 Å². The van der Waals surface area contributed by atoms with Gasteiger partial charge in [0.1, 0.15) is 0 Å². The number of hydrogen-bond acceptors (Lipinski definition) is 3. The molecule has 0 bridgehead atoms. The first-order chi connectivity index (χ1) is 7.20. The third-order valence-corrected chi connectivity index (χ3v) is 2.88. The zero-order chi connectivity index (χ0) is 10.6. The number of amides is 2. The van der Waals surface area contributed by atoms with Crippen LogP contribution in [0, 0.1) is 0 Å². The number of hydrogen-bond donors (Lipinski definition) is 1. The van der Waals surface area contributed by atoms with Crippen LogP contribution in [0.15, 0.2) is 24.3 Å². The molecule has 2 aliphatic rings. The quantitative estimate of drug-likeness (QED) is 0.673. The molecule has 1 heterocycles. The van der Waals surface area contributed by atoms with Crippen LogP contribution < -0.4 is 0 Å². The SMILES string of the molecule is O=C1c2ccccc2C(=O)N1[C@@H]1C[C@H]1O. The van der Waals surface area contributed by atoms with Crippen molar-refractivity contribution in [1.82, 2.24) is 4.90 Å². The lowest BCUT2D eigenvalue weighted by atomic mass is 10.1. The van der Waals surface area contributed by atoms with Gasteiger partial charge in [0.2, 0.25) is 0 Å². The Morgan fingerprint density at radius 1 is 1.13 bits per heavy atom. The fourth-order valence-electron chi connectivity index (χ4n) is 1.96. The van der Waals surface area contributed by atoms with Crippen LogP contribution >= 0.6 is 0 Å². The molecule has 1 fully saturated rings. The second kappa shape index (κ2) is 2.67. The van der Waals surface area contributed by atoms with E-state index in [2.05, 4.69) is 0 Å². The van der Waals surface area contributed by atoms with Crippen molar-refractivity contribution in [3.05, 3.63) is 35.4 Å². The number of nitrogens with zero attached hydrogens (tertiary/aromatic N) is 1. The second-order valence-corrected chi connectivity index (χ2v) is 3.90. The van der Waals surface area contributed by atoms with Gasteiger partial charge in [0.25, 0.3) is 11.8 Å². The summed E-state index contributed by atoms with van der Waals surface area (Å²) in [6.45, 7) is 0. The maximum atomic E-state index is 11.8. The number of aliphatic hydroxyl groups is 1. The van der Waals surface area contributed by atoms with Crippen LogP contribution in [0.25, 0.3) is 0 Å². The first-order valence-corrected chi connectivity index (χ1v) is 4.85. The Labute approximate surface area is 86.1 Å². The Balaban J connectivity index is 2.05. The predicted octanol–water partition coefficient (Wildman–Crippen LogP) is 0.416. The van der Waals surface area contributed by atoms with E-state index in [4.69, 9.17) is 0 Å². The van der Waals surface area contributed by atoms with Crippen molar-refractivity contribution in [2.75, 3.05) is 0 Å². The zero-order valence-corrected chi connectivity index (χ0v) is 7.88. The van der Waals surface area contributed by atoms with E-state index in [1.807, 2.05) is 0 Å². The molecule has 3 rings (SSSR count). The molecular formula is C11H9NO3. The van der Waals surface area contributed by atoms with Crippen LogP contribution in [-0.4, -0.2) is 34.0 Å². The fraction of sp³-hybridized carbons (Fsp3) is 0.273. The van der Waals surface area contributed by atoms with E-state index >= 15 is 0 Å². The summed E-state index contributed by atoms with van der Waals surface area (Å²) in [7, 11) is 0. The molecule has 0 saturated heterocycles. The summed E-state index contributed by atoms with van der Waals surface area (Å²) in [6, 6.07) is 6.44. The lowest BCUT2D eigenvalue weighted by Gasteiger charge is -2.11. The average Bonchev–Trinajstić information content (AvgIpc) is 2.89. The van der Waals surface area contributed by atoms with Crippen molar-refractivity contribution in [1.29, 1.82) is 0 Å². The van der Waals surface area contributed by atoms with Gasteiger partial charge in [0, 0.05) is 0 Å². The Bertz CT molecular complexity index is 434. The van der Waals surface area contributed by atoms with Crippen LogP contribution in [0.2, 0.25) is 0 Å². The Morgan fingerprint density at radius 3 is 2.00 bits per heavy atom. The summed E-state index contributed by atoms with van der Waals surface area (Å²) in [4.78, 5) is 24.8. The van der Waals surface area contributed by atoms with Gasteiger partial charge in [0.05, 0.1) is 23.3 Å². The number of aliphatic hydroxyl groups excluding tert-OH is 1. The second-order valence-electron chi connectivity index (χ2n) is 3.90. The van der Waals surface area contributed by atoms with Gasteiger partial charge in [-0.2, -0.15) is 0 Å². The molecule has 0 spiro atoms. The number of benzene rings is 1. The van der Waals surface area contributed by atoms with Crippen molar-refractivity contribution in [3.8, 4) is 0 Å². The van der Waals surface area contributed by atoms with Crippen molar-refractivity contribution >= 4 is 11.8 Å². The Morgan fingerprint density at radius 2 is 1.60 bits per heavy atom. The number of imide groups is 1. The maximum absolute atomic E-state index is 11.8. The highest BCUT2D eigenvalue weighted by Gasteiger charge is 2.50. The van der Waals surface area contributed by atoms with Gasteiger partial charge in [-0.25, -0.2) is 0 Å². The maximum Gasteiger partial charge on any atom is 0.261 e. The van der Waals surface area contributed by atoms with Crippen molar-refractivity contribution in [3.63, 3.8) is 0 Å². The third kappa shape index (κ3) is 1.05. The third-order valence-electron chi connectivity index (χ3n) is 2.88. The molecule has 2 amide bonds. The van der Waals surface area contributed by atoms with E-state index in [9.17, 15) is 14.7 Å². The molecule has 1 aromatic rings. The first kappa shape index (κ1) is 8.61. The Kier molecular flexibility index (Phi) is 1.53. The first-order valence-electron chi connectivity index (χ1n) is 4.85. The van der Waals surface area contributed by atoms with E-state index in [-0.39, 0.29) is 17.9 Å². The molecule has 4 heteroatoms. The van der Waals surface area contributed by atoms with E-state index in [0.717, 1.165) is 0 Å². The lowest BCUT2D eigenvalue weighted by molar-refractivity contribution is 0.0613. The van der Waals surface area contributed by atoms with Gasteiger partial charge in [-0.15, -0.1) is 0 Å². The largest absolute Gasteiger partial charge is 0.391 e. The molecule has 0 aromatic heterocycles. The normalized spacial score (nSPS) is 28.2. The van der Waals surface area contributed by atoms with E-state index in [0.29, 0.717) is 17.5 Å². The smallest absolute Gasteiger partial charge is 0.261 e. The molecular weight excluding hydrogens is 194 g/mol. The summed E-state index contributed by atoms with van der Waals surface area (Å²) < 4.78 is 0. The van der Waals surface area contributed by atoms with Gasteiger partial charge < -0.3 is 5.11 Å². The molecule has 76 valence electrons. The van der Waals surface area contributed by atoms with Gasteiger partial charge in [-0.1, -0.05) is 12.1 Å². The van der Waals surface area contributed by atoms with Crippen LogP contribution in [0.5, 0.6) is 0 Å². The average molecular weight is 203 g/mol. The summed E-state index contributed by atoms with van der Waals surface area (Å²) in [6.07, 6.45) is -0.0296. The number of carbonyl (C=O) groups excluding carboxylic acids is 2. The molecule has 0 unspecified atom stereocenters. The molecule has 1 N–H and O–H groups in total. The molecule has 0 radical (unpaired) electrons. The molecule has 4 nitrogen and oxygen atoms in total. The summed E-state index contributed by atoms with van der Waals surface area (Å²) >= 11 is 0. The van der Waals surface area contributed by atoms with E-state index in [1.54, 1.807) is 24.3 Å². The molecule has 1 aromatic carbocycles. The zero-order valence-electron chi connectivity index (χ0n) is 7.88. The molecule has 15 heavy (non-hydrogen) atoms. The lowest BCUT2D eigenvalue weighted by Crippen LogP contribution is -2.33. The van der Waals surface area contributed by atoms with Crippen molar-refractivity contribution in [2.45, 2.75) is 18.6 Å². The highest BCUT2D eigenvalue weighted by atomic mass is 16.3. The topological polar surface area (TPSA) is 57.6 Å². The Hall–Kier alpha value is -1.68. The summed E-state index contributed by atoms with van der Waals surface area (Å²) in [5.74, 6) is -0.561. The van der Waals surface area contributed by atoms with Gasteiger partial charge in [-0.05, 0) is 18.6 Å². The number of fused-ring (bicyclic) bond motifs is 1. The monoisotopic (exact) mass is 203 g/mol.